The first-order valence-electron chi connectivity index (χ1n) is 11.8. The second-order valence-corrected chi connectivity index (χ2v) is 8.60. The first kappa shape index (κ1) is 23.2. The van der Waals surface area contributed by atoms with Crippen LogP contribution in [-0.2, 0) is 4.79 Å². The Kier molecular flexibility index (Phi) is 6.70. The molecule has 0 spiro atoms. The van der Waals surface area contributed by atoms with Gasteiger partial charge < -0.3 is 15.0 Å². The lowest BCUT2D eigenvalue weighted by Gasteiger charge is -2.32. The molecule has 2 aromatic heterocycles. The first-order chi connectivity index (χ1) is 17.6. The number of para-hydroxylation sites is 2. The largest absolute Gasteiger partial charge is 0.496 e. The highest BCUT2D eigenvalue weighted by molar-refractivity contribution is 5.96. The monoisotopic (exact) mass is 482 g/mol. The number of H-pyrrole nitrogens is 1. The number of methoxy groups -OCH3 is 1. The Balaban J connectivity index is 1.29. The molecule has 1 atom stereocenters. The van der Waals surface area contributed by atoms with Crippen molar-refractivity contribution in [2.45, 2.75) is 12.8 Å². The van der Waals surface area contributed by atoms with Crippen LogP contribution >= 0.6 is 0 Å². The summed E-state index contributed by atoms with van der Waals surface area (Å²) in [6.45, 7) is 1.36. The van der Waals surface area contributed by atoms with Crippen molar-refractivity contribution in [1.29, 1.82) is 0 Å². The van der Waals surface area contributed by atoms with Crippen molar-refractivity contribution in [2.75, 3.05) is 30.4 Å². The zero-order valence-electron chi connectivity index (χ0n) is 19.8. The molecule has 1 aliphatic rings. The summed E-state index contributed by atoms with van der Waals surface area (Å²) < 4.78 is 5.44. The highest BCUT2D eigenvalue weighted by atomic mass is 16.5. The molecule has 5 rings (SSSR count). The Hall–Kier alpha value is -4.53. The van der Waals surface area contributed by atoms with E-state index in [0.29, 0.717) is 17.9 Å². The molecule has 2 N–H and O–H groups in total. The van der Waals surface area contributed by atoms with Crippen LogP contribution in [-0.4, -0.2) is 46.5 Å². The maximum Gasteiger partial charge on any atom is 0.264 e. The summed E-state index contributed by atoms with van der Waals surface area (Å²) in [5.41, 5.74) is 3.32. The molecule has 0 bridgehead atoms. The average Bonchev–Trinajstić information content (AvgIpc) is 2.94. The van der Waals surface area contributed by atoms with Crippen LogP contribution in [0.1, 0.15) is 12.8 Å². The number of carbonyl (C=O) groups is 1. The SMILES string of the molecule is COc1ccccc1-c1ccc(N2CCCC(C(=O)Nc3ccccc3-c3ccc(=O)[nH]n3)C2)nn1. The van der Waals surface area contributed by atoms with Crippen LogP contribution in [0.2, 0.25) is 0 Å². The number of rotatable bonds is 6. The molecule has 182 valence electrons. The summed E-state index contributed by atoms with van der Waals surface area (Å²) in [7, 11) is 1.63. The van der Waals surface area contributed by atoms with E-state index in [1.54, 1.807) is 13.2 Å². The lowest BCUT2D eigenvalue weighted by atomic mass is 9.96. The third-order valence-corrected chi connectivity index (χ3v) is 6.29. The minimum Gasteiger partial charge on any atom is -0.496 e. The number of hydrogen-bond donors (Lipinski definition) is 2. The van der Waals surface area contributed by atoms with Gasteiger partial charge in [-0.2, -0.15) is 5.10 Å². The molecule has 0 saturated carbocycles. The fraction of sp³-hybridized carbons (Fsp3) is 0.222. The molecule has 0 aliphatic carbocycles. The summed E-state index contributed by atoms with van der Waals surface area (Å²) in [4.78, 5) is 26.7. The zero-order valence-corrected chi connectivity index (χ0v) is 19.8. The van der Waals surface area contributed by atoms with E-state index in [1.165, 1.54) is 6.07 Å². The minimum absolute atomic E-state index is 0.0600. The zero-order chi connectivity index (χ0) is 24.9. The highest BCUT2D eigenvalue weighted by Gasteiger charge is 2.27. The Morgan fingerprint density at radius 2 is 1.75 bits per heavy atom. The van der Waals surface area contributed by atoms with Gasteiger partial charge in [0, 0.05) is 30.3 Å². The molecule has 2 aromatic carbocycles. The number of aromatic nitrogens is 4. The Labute approximate surface area is 208 Å². The molecule has 9 heteroatoms. The number of anilines is 2. The third kappa shape index (κ3) is 4.95. The first-order valence-corrected chi connectivity index (χ1v) is 11.8. The molecule has 1 aliphatic heterocycles. The van der Waals surface area contributed by atoms with Gasteiger partial charge in [-0.05, 0) is 49.2 Å². The molecule has 0 radical (unpaired) electrons. The summed E-state index contributed by atoms with van der Waals surface area (Å²) in [5.74, 6) is 1.22. The van der Waals surface area contributed by atoms with Gasteiger partial charge in [-0.25, -0.2) is 5.10 Å². The minimum atomic E-state index is -0.276. The molecule has 1 amide bonds. The van der Waals surface area contributed by atoms with Crippen molar-refractivity contribution in [3.05, 3.63) is 83.2 Å². The summed E-state index contributed by atoms with van der Waals surface area (Å²) in [5, 5.41) is 18.5. The number of piperidine rings is 1. The normalized spacial score (nSPS) is 15.4. The van der Waals surface area contributed by atoms with E-state index in [0.717, 1.165) is 47.8 Å². The van der Waals surface area contributed by atoms with Crippen molar-refractivity contribution < 1.29 is 9.53 Å². The van der Waals surface area contributed by atoms with Crippen LogP contribution in [0.3, 0.4) is 0 Å². The number of amides is 1. The van der Waals surface area contributed by atoms with E-state index in [1.807, 2.05) is 60.7 Å². The van der Waals surface area contributed by atoms with Gasteiger partial charge in [-0.3, -0.25) is 9.59 Å². The fourth-order valence-corrected chi connectivity index (χ4v) is 4.44. The predicted octanol–water partition coefficient (Wildman–Crippen LogP) is 3.76. The maximum absolute atomic E-state index is 13.2. The second kappa shape index (κ2) is 10.4. The molecule has 1 unspecified atom stereocenters. The Morgan fingerprint density at radius 3 is 2.50 bits per heavy atom. The topological polar surface area (TPSA) is 113 Å². The maximum atomic E-state index is 13.2. The third-order valence-electron chi connectivity index (χ3n) is 6.29. The van der Waals surface area contributed by atoms with Gasteiger partial charge in [0.2, 0.25) is 5.91 Å². The van der Waals surface area contributed by atoms with Gasteiger partial charge in [0.1, 0.15) is 5.75 Å². The van der Waals surface area contributed by atoms with Gasteiger partial charge in [0.05, 0.1) is 30.1 Å². The number of hydrogen-bond acceptors (Lipinski definition) is 7. The second-order valence-electron chi connectivity index (χ2n) is 8.60. The van der Waals surface area contributed by atoms with Gasteiger partial charge >= 0.3 is 0 Å². The van der Waals surface area contributed by atoms with Crippen LogP contribution in [0.5, 0.6) is 5.75 Å². The van der Waals surface area contributed by atoms with E-state index < -0.39 is 0 Å². The standard InChI is InChI=1S/C27H26N6O3/c1-36-24-11-5-3-9-20(24)23-12-14-25(31-29-23)33-16-6-7-18(17-33)27(35)28-21-10-4-2-8-19(21)22-13-15-26(34)32-30-22/h2-5,8-15,18H,6-7,16-17H2,1H3,(H,28,35)(H,32,34). The van der Waals surface area contributed by atoms with E-state index in [-0.39, 0.29) is 17.4 Å². The average molecular weight is 483 g/mol. The van der Waals surface area contributed by atoms with Crippen LogP contribution in [0.4, 0.5) is 11.5 Å². The quantitative estimate of drug-likeness (QED) is 0.430. The molecule has 9 nitrogen and oxygen atoms in total. The van der Waals surface area contributed by atoms with Gasteiger partial charge in [0.25, 0.3) is 5.56 Å². The molecular formula is C27H26N6O3. The molecule has 3 heterocycles. The fourth-order valence-electron chi connectivity index (χ4n) is 4.44. The van der Waals surface area contributed by atoms with Crippen LogP contribution in [0.15, 0.2) is 77.6 Å². The molecule has 4 aromatic rings. The number of aromatic amines is 1. The van der Waals surface area contributed by atoms with Crippen molar-refractivity contribution in [3.63, 3.8) is 0 Å². The van der Waals surface area contributed by atoms with Gasteiger partial charge in [-0.1, -0.05) is 30.3 Å². The number of carbonyl (C=O) groups excluding carboxylic acids is 1. The van der Waals surface area contributed by atoms with E-state index in [9.17, 15) is 9.59 Å². The number of ether oxygens (including phenoxy) is 1. The van der Waals surface area contributed by atoms with Crippen LogP contribution in [0, 0.1) is 5.92 Å². The molecule has 36 heavy (non-hydrogen) atoms. The molecule has 1 fully saturated rings. The molecular weight excluding hydrogens is 456 g/mol. The van der Waals surface area contributed by atoms with Crippen LogP contribution in [0.25, 0.3) is 22.5 Å². The molecule has 1 saturated heterocycles. The van der Waals surface area contributed by atoms with Crippen molar-refractivity contribution in [1.82, 2.24) is 20.4 Å². The smallest absolute Gasteiger partial charge is 0.264 e. The predicted molar refractivity (Wildman–Crippen MR) is 138 cm³/mol. The number of nitrogens with one attached hydrogen (secondary N) is 2. The number of nitrogens with zero attached hydrogens (tertiary/aromatic N) is 4. The van der Waals surface area contributed by atoms with E-state index in [2.05, 4.69) is 30.6 Å². The van der Waals surface area contributed by atoms with Gasteiger partial charge in [0.15, 0.2) is 5.82 Å². The van der Waals surface area contributed by atoms with Crippen molar-refractivity contribution in [2.24, 2.45) is 5.92 Å². The Bertz CT molecular complexity index is 1400. The lowest BCUT2D eigenvalue weighted by Crippen LogP contribution is -2.41. The lowest BCUT2D eigenvalue weighted by molar-refractivity contribution is -0.120. The summed E-state index contributed by atoms with van der Waals surface area (Å²) in [6.07, 6.45) is 1.66. The number of benzene rings is 2. The van der Waals surface area contributed by atoms with Crippen molar-refractivity contribution >= 4 is 17.4 Å². The summed E-state index contributed by atoms with van der Waals surface area (Å²) >= 11 is 0. The van der Waals surface area contributed by atoms with Crippen LogP contribution < -0.4 is 20.5 Å². The van der Waals surface area contributed by atoms with E-state index in [4.69, 9.17) is 4.74 Å². The Morgan fingerprint density at radius 1 is 0.972 bits per heavy atom. The van der Waals surface area contributed by atoms with E-state index >= 15 is 0 Å². The summed E-state index contributed by atoms with van der Waals surface area (Å²) in [6, 6.07) is 22.0. The van der Waals surface area contributed by atoms with Gasteiger partial charge in [-0.15, -0.1) is 10.2 Å². The highest BCUT2D eigenvalue weighted by Crippen LogP contribution is 2.30. The van der Waals surface area contributed by atoms with Crippen molar-refractivity contribution in [3.8, 4) is 28.3 Å².